The topological polar surface area (TPSA) is 58.6 Å². The van der Waals surface area contributed by atoms with Crippen molar-refractivity contribution in [3.63, 3.8) is 0 Å². The standard InChI is InChI=1S/C15H21NO3/c17-9-8-13(12-5-2-1-3-6-12)11-16-15(18)14-7-4-10-19-14/h1-3,5-6,13-14,17H,4,7-11H2,(H,16,18). The molecule has 1 aromatic carbocycles. The van der Waals surface area contributed by atoms with Crippen LogP contribution in [0.4, 0.5) is 0 Å². The van der Waals surface area contributed by atoms with E-state index in [1.165, 1.54) is 0 Å². The summed E-state index contributed by atoms with van der Waals surface area (Å²) in [6, 6.07) is 9.96. The summed E-state index contributed by atoms with van der Waals surface area (Å²) >= 11 is 0. The first-order chi connectivity index (χ1) is 9.31. The second-order valence-corrected chi connectivity index (χ2v) is 4.87. The molecule has 2 atom stereocenters. The molecule has 1 aliphatic heterocycles. The summed E-state index contributed by atoms with van der Waals surface area (Å²) in [5.41, 5.74) is 1.14. The Morgan fingerprint density at radius 1 is 1.42 bits per heavy atom. The smallest absolute Gasteiger partial charge is 0.249 e. The molecular formula is C15H21NO3. The summed E-state index contributed by atoms with van der Waals surface area (Å²) in [4.78, 5) is 11.9. The van der Waals surface area contributed by atoms with E-state index in [4.69, 9.17) is 9.84 Å². The van der Waals surface area contributed by atoms with Crippen LogP contribution in [0.2, 0.25) is 0 Å². The van der Waals surface area contributed by atoms with Crippen LogP contribution in [0.3, 0.4) is 0 Å². The molecule has 2 unspecified atom stereocenters. The zero-order chi connectivity index (χ0) is 13.5. The van der Waals surface area contributed by atoms with Gasteiger partial charge in [0.25, 0.3) is 0 Å². The molecule has 1 aromatic rings. The van der Waals surface area contributed by atoms with E-state index in [0.717, 1.165) is 18.4 Å². The number of hydrogen-bond donors (Lipinski definition) is 2. The average Bonchev–Trinajstić information content (AvgIpc) is 2.98. The third-order valence-corrected chi connectivity index (χ3v) is 3.49. The van der Waals surface area contributed by atoms with E-state index in [1.54, 1.807) is 0 Å². The highest BCUT2D eigenvalue weighted by molar-refractivity contribution is 5.81. The number of aliphatic hydroxyl groups is 1. The van der Waals surface area contributed by atoms with Crippen LogP contribution in [-0.4, -0.2) is 36.9 Å². The van der Waals surface area contributed by atoms with E-state index < -0.39 is 0 Å². The first-order valence-electron chi connectivity index (χ1n) is 6.86. The zero-order valence-electron chi connectivity index (χ0n) is 11.0. The molecule has 2 N–H and O–H groups in total. The summed E-state index contributed by atoms with van der Waals surface area (Å²) in [5.74, 6) is 0.118. The number of nitrogens with one attached hydrogen (secondary N) is 1. The van der Waals surface area contributed by atoms with Gasteiger partial charge in [-0.3, -0.25) is 4.79 Å². The molecule has 19 heavy (non-hydrogen) atoms. The van der Waals surface area contributed by atoms with Crippen molar-refractivity contribution in [2.75, 3.05) is 19.8 Å². The molecule has 2 rings (SSSR count). The fourth-order valence-electron chi connectivity index (χ4n) is 2.39. The molecule has 1 saturated heterocycles. The van der Waals surface area contributed by atoms with Crippen LogP contribution < -0.4 is 5.32 Å². The van der Waals surface area contributed by atoms with Crippen molar-refractivity contribution in [2.45, 2.75) is 31.3 Å². The van der Waals surface area contributed by atoms with Crippen molar-refractivity contribution in [2.24, 2.45) is 0 Å². The minimum atomic E-state index is -0.287. The number of hydrogen-bond acceptors (Lipinski definition) is 3. The highest BCUT2D eigenvalue weighted by Gasteiger charge is 2.24. The lowest BCUT2D eigenvalue weighted by molar-refractivity contribution is -0.130. The number of benzene rings is 1. The molecule has 1 fully saturated rings. The first-order valence-corrected chi connectivity index (χ1v) is 6.86. The van der Waals surface area contributed by atoms with Gasteiger partial charge < -0.3 is 15.2 Å². The lowest BCUT2D eigenvalue weighted by Gasteiger charge is -2.18. The summed E-state index contributed by atoms with van der Waals surface area (Å²) in [6.45, 7) is 1.34. The lowest BCUT2D eigenvalue weighted by Crippen LogP contribution is -2.36. The van der Waals surface area contributed by atoms with Crippen LogP contribution in [0.1, 0.15) is 30.7 Å². The number of carbonyl (C=O) groups is 1. The van der Waals surface area contributed by atoms with Crippen LogP contribution in [0.25, 0.3) is 0 Å². The van der Waals surface area contributed by atoms with Crippen molar-refractivity contribution < 1.29 is 14.6 Å². The first kappa shape index (κ1) is 14.0. The molecule has 0 radical (unpaired) electrons. The van der Waals surface area contributed by atoms with Crippen LogP contribution in [0, 0.1) is 0 Å². The maximum Gasteiger partial charge on any atom is 0.249 e. The van der Waals surface area contributed by atoms with Crippen molar-refractivity contribution in [3.05, 3.63) is 35.9 Å². The molecular weight excluding hydrogens is 242 g/mol. The predicted molar refractivity (Wildman–Crippen MR) is 72.9 cm³/mol. The Bertz CT molecular complexity index is 388. The molecule has 0 bridgehead atoms. The summed E-state index contributed by atoms with van der Waals surface area (Å²) in [6.07, 6.45) is 2.12. The molecule has 0 aliphatic carbocycles. The Morgan fingerprint density at radius 3 is 2.84 bits per heavy atom. The number of amides is 1. The van der Waals surface area contributed by atoms with E-state index in [1.807, 2.05) is 30.3 Å². The quantitative estimate of drug-likeness (QED) is 0.816. The second-order valence-electron chi connectivity index (χ2n) is 4.87. The van der Waals surface area contributed by atoms with Crippen molar-refractivity contribution in [3.8, 4) is 0 Å². The van der Waals surface area contributed by atoms with Gasteiger partial charge in [-0.05, 0) is 24.8 Å². The van der Waals surface area contributed by atoms with Gasteiger partial charge in [0.1, 0.15) is 6.10 Å². The van der Waals surface area contributed by atoms with Gasteiger partial charge in [0, 0.05) is 25.7 Å². The van der Waals surface area contributed by atoms with Crippen LogP contribution in [0.5, 0.6) is 0 Å². The van der Waals surface area contributed by atoms with Crippen LogP contribution in [-0.2, 0) is 9.53 Å². The van der Waals surface area contributed by atoms with Gasteiger partial charge in [-0.1, -0.05) is 30.3 Å². The van der Waals surface area contributed by atoms with Crippen molar-refractivity contribution in [1.82, 2.24) is 5.32 Å². The van der Waals surface area contributed by atoms with Crippen molar-refractivity contribution >= 4 is 5.91 Å². The zero-order valence-corrected chi connectivity index (χ0v) is 11.0. The van der Waals surface area contributed by atoms with Gasteiger partial charge in [-0.2, -0.15) is 0 Å². The number of ether oxygens (including phenoxy) is 1. The maximum absolute atomic E-state index is 11.9. The highest BCUT2D eigenvalue weighted by Crippen LogP contribution is 2.19. The molecule has 0 spiro atoms. The Kier molecular flexibility index (Phi) is 5.36. The van der Waals surface area contributed by atoms with Gasteiger partial charge in [-0.25, -0.2) is 0 Å². The van der Waals surface area contributed by atoms with E-state index in [2.05, 4.69) is 5.32 Å². The summed E-state index contributed by atoms with van der Waals surface area (Å²) in [5, 5.41) is 12.1. The Morgan fingerprint density at radius 2 is 2.21 bits per heavy atom. The second kappa shape index (κ2) is 7.26. The van der Waals surface area contributed by atoms with Gasteiger partial charge in [-0.15, -0.1) is 0 Å². The minimum absolute atomic E-state index is 0.0311. The SMILES string of the molecule is O=C(NCC(CCO)c1ccccc1)C1CCCO1. The van der Waals surface area contributed by atoms with Gasteiger partial charge >= 0.3 is 0 Å². The fourth-order valence-corrected chi connectivity index (χ4v) is 2.39. The Balaban J connectivity index is 1.88. The molecule has 0 saturated carbocycles. The number of carbonyl (C=O) groups excluding carboxylic acids is 1. The molecule has 1 amide bonds. The predicted octanol–water partition coefficient (Wildman–Crippen LogP) is 1.45. The molecule has 0 aromatic heterocycles. The molecule has 4 nitrogen and oxygen atoms in total. The van der Waals surface area contributed by atoms with E-state index >= 15 is 0 Å². The van der Waals surface area contributed by atoms with E-state index in [9.17, 15) is 4.79 Å². The number of aliphatic hydroxyl groups excluding tert-OH is 1. The molecule has 1 heterocycles. The van der Waals surface area contributed by atoms with E-state index in [-0.39, 0.29) is 24.5 Å². The van der Waals surface area contributed by atoms with Crippen LogP contribution in [0.15, 0.2) is 30.3 Å². The summed E-state index contributed by atoms with van der Waals surface area (Å²) < 4.78 is 5.35. The largest absolute Gasteiger partial charge is 0.396 e. The van der Waals surface area contributed by atoms with Gasteiger partial charge in [0.05, 0.1) is 0 Å². The highest BCUT2D eigenvalue weighted by atomic mass is 16.5. The van der Waals surface area contributed by atoms with E-state index in [0.29, 0.717) is 19.6 Å². The van der Waals surface area contributed by atoms with Crippen molar-refractivity contribution in [1.29, 1.82) is 0 Å². The lowest BCUT2D eigenvalue weighted by atomic mass is 9.96. The number of rotatable bonds is 6. The third kappa shape index (κ3) is 4.04. The molecule has 4 heteroatoms. The molecule has 104 valence electrons. The fraction of sp³-hybridized carbons (Fsp3) is 0.533. The van der Waals surface area contributed by atoms with Crippen LogP contribution >= 0.6 is 0 Å². The Hall–Kier alpha value is -1.39. The average molecular weight is 263 g/mol. The van der Waals surface area contributed by atoms with Gasteiger partial charge in [0.15, 0.2) is 0 Å². The van der Waals surface area contributed by atoms with Gasteiger partial charge in [0.2, 0.25) is 5.91 Å². The normalized spacial score (nSPS) is 20.2. The Labute approximate surface area is 113 Å². The third-order valence-electron chi connectivity index (χ3n) is 3.49. The summed E-state index contributed by atoms with van der Waals surface area (Å²) in [7, 11) is 0. The maximum atomic E-state index is 11.9. The molecule has 1 aliphatic rings. The monoisotopic (exact) mass is 263 g/mol. The minimum Gasteiger partial charge on any atom is -0.396 e.